The van der Waals surface area contributed by atoms with Crippen molar-refractivity contribution in [1.29, 1.82) is 0 Å². The summed E-state index contributed by atoms with van der Waals surface area (Å²) in [7, 11) is 0. The molecular weight excluding hydrogens is 362 g/mol. The Morgan fingerprint density at radius 1 is 1.27 bits per heavy atom. The number of nitrogens with one attached hydrogen (secondary N) is 1. The molecule has 9 heteroatoms. The first-order valence-corrected chi connectivity index (χ1v) is 6.97. The molecule has 0 saturated carbocycles. The van der Waals surface area contributed by atoms with E-state index < -0.39 is 12.6 Å². The van der Waals surface area contributed by atoms with Crippen LogP contribution in [0.5, 0.6) is 0 Å². The van der Waals surface area contributed by atoms with Crippen LogP contribution in [0, 0.1) is 0 Å². The van der Waals surface area contributed by atoms with Gasteiger partial charge in [-0.3, -0.25) is 4.90 Å². The van der Waals surface area contributed by atoms with Crippen LogP contribution in [-0.4, -0.2) is 42.2 Å². The van der Waals surface area contributed by atoms with E-state index in [1.54, 1.807) is 18.3 Å². The molecule has 1 aliphatic rings. The minimum atomic E-state index is -4.15. The van der Waals surface area contributed by atoms with Crippen molar-refractivity contribution < 1.29 is 13.2 Å². The largest absolute Gasteiger partial charge is 0.389 e. The van der Waals surface area contributed by atoms with Crippen LogP contribution >= 0.6 is 36.4 Å². The number of aromatic nitrogens is 1. The van der Waals surface area contributed by atoms with Crippen LogP contribution < -0.4 is 5.32 Å². The van der Waals surface area contributed by atoms with Gasteiger partial charge in [-0.05, 0) is 12.5 Å². The van der Waals surface area contributed by atoms with Crippen molar-refractivity contribution in [1.82, 2.24) is 15.2 Å². The van der Waals surface area contributed by atoms with Crippen molar-refractivity contribution in [2.24, 2.45) is 0 Å². The molecule has 2 rings (SSSR count). The lowest BCUT2D eigenvalue weighted by Crippen LogP contribution is -2.45. The molecular formula is C13H19Cl3F3N3. The highest BCUT2D eigenvalue weighted by atomic mass is 35.5. The Balaban J connectivity index is 0.00000220. The van der Waals surface area contributed by atoms with Crippen LogP contribution in [0.25, 0.3) is 0 Å². The zero-order valence-electron chi connectivity index (χ0n) is 11.8. The van der Waals surface area contributed by atoms with Crippen molar-refractivity contribution in [2.75, 3.05) is 26.2 Å². The van der Waals surface area contributed by atoms with Crippen LogP contribution in [0.1, 0.15) is 24.4 Å². The Bertz CT molecular complexity index is 440. The number of halogens is 6. The summed E-state index contributed by atoms with van der Waals surface area (Å²) in [6.45, 7) is 2.99. The van der Waals surface area contributed by atoms with Gasteiger partial charge in [0.25, 0.3) is 0 Å². The minimum absolute atomic E-state index is 0. The highest BCUT2D eigenvalue weighted by Gasteiger charge is 2.32. The van der Waals surface area contributed by atoms with Crippen molar-refractivity contribution in [3.8, 4) is 0 Å². The Morgan fingerprint density at radius 3 is 2.45 bits per heavy atom. The first-order chi connectivity index (χ1) is 9.47. The smallest absolute Gasteiger partial charge is 0.314 e. The standard InChI is InChI=1S/C13H17ClF3N3.2ClH/c14-12-10(2-1-5-19-12)11(3-4-13(15,16)17)20-8-6-18-7-9-20;;/h1-2,5,11,18H,3-4,6-9H2;2*1H/t11-;;/m1../s1. The van der Waals surface area contributed by atoms with E-state index in [9.17, 15) is 13.2 Å². The summed E-state index contributed by atoms with van der Waals surface area (Å²) in [5.74, 6) is 0. The Kier molecular flexibility index (Phi) is 9.66. The monoisotopic (exact) mass is 379 g/mol. The summed E-state index contributed by atoms with van der Waals surface area (Å²) in [4.78, 5) is 6.03. The SMILES string of the molecule is Cl.Cl.FC(F)(F)CC[C@H](c1cccnc1Cl)N1CCNCC1. The number of nitrogens with zero attached hydrogens (tertiary/aromatic N) is 2. The van der Waals surface area contributed by atoms with E-state index in [1.165, 1.54) is 0 Å². The van der Waals surface area contributed by atoms with Crippen molar-refractivity contribution in [3.63, 3.8) is 0 Å². The summed E-state index contributed by atoms with van der Waals surface area (Å²) in [5, 5.41) is 3.49. The molecule has 0 amide bonds. The molecule has 1 fully saturated rings. The second kappa shape index (κ2) is 9.78. The zero-order chi connectivity index (χ0) is 14.6. The number of hydrogen-bond donors (Lipinski definition) is 1. The average molecular weight is 381 g/mol. The van der Waals surface area contributed by atoms with Crippen LogP contribution in [-0.2, 0) is 0 Å². The predicted molar refractivity (Wildman–Crippen MR) is 86.2 cm³/mol. The third-order valence-electron chi connectivity index (χ3n) is 3.44. The fourth-order valence-corrected chi connectivity index (χ4v) is 2.72. The van der Waals surface area contributed by atoms with E-state index in [4.69, 9.17) is 11.6 Å². The molecule has 1 saturated heterocycles. The minimum Gasteiger partial charge on any atom is -0.314 e. The Hall–Kier alpha value is -0.270. The fourth-order valence-electron chi connectivity index (χ4n) is 2.48. The maximum Gasteiger partial charge on any atom is 0.389 e. The maximum atomic E-state index is 12.5. The van der Waals surface area contributed by atoms with Gasteiger partial charge in [-0.1, -0.05) is 17.7 Å². The summed E-state index contributed by atoms with van der Waals surface area (Å²) in [6.07, 6.45) is -3.41. The Morgan fingerprint density at radius 2 is 1.91 bits per heavy atom. The molecule has 1 N–H and O–H groups in total. The number of hydrogen-bond acceptors (Lipinski definition) is 3. The van der Waals surface area contributed by atoms with E-state index in [1.807, 2.05) is 4.90 Å². The van der Waals surface area contributed by atoms with E-state index in [2.05, 4.69) is 10.3 Å². The molecule has 22 heavy (non-hydrogen) atoms. The number of rotatable bonds is 4. The highest BCUT2D eigenvalue weighted by Crippen LogP contribution is 2.34. The summed E-state index contributed by atoms with van der Waals surface area (Å²) >= 11 is 6.05. The highest BCUT2D eigenvalue weighted by molar-refractivity contribution is 6.30. The molecule has 0 unspecified atom stereocenters. The molecule has 0 bridgehead atoms. The molecule has 0 spiro atoms. The summed E-state index contributed by atoms with van der Waals surface area (Å²) in [6, 6.07) is 3.14. The van der Waals surface area contributed by atoms with Gasteiger partial charge in [0.15, 0.2) is 0 Å². The average Bonchev–Trinajstić information content (AvgIpc) is 2.41. The predicted octanol–water partition coefficient (Wildman–Crippen LogP) is 3.87. The van der Waals surface area contributed by atoms with Crippen molar-refractivity contribution >= 4 is 36.4 Å². The Labute approximate surface area is 145 Å². The molecule has 1 aliphatic heterocycles. The number of alkyl halides is 3. The van der Waals surface area contributed by atoms with E-state index in [-0.39, 0.29) is 37.3 Å². The lowest BCUT2D eigenvalue weighted by molar-refractivity contribution is -0.138. The van der Waals surface area contributed by atoms with Gasteiger partial charge < -0.3 is 5.32 Å². The second-order valence-corrected chi connectivity index (χ2v) is 5.20. The number of piperazine rings is 1. The van der Waals surface area contributed by atoms with Gasteiger partial charge in [0.2, 0.25) is 0 Å². The van der Waals surface area contributed by atoms with Crippen LogP contribution in [0.4, 0.5) is 13.2 Å². The van der Waals surface area contributed by atoms with Gasteiger partial charge in [-0.15, -0.1) is 24.8 Å². The second-order valence-electron chi connectivity index (χ2n) is 4.84. The molecule has 0 aliphatic carbocycles. The van der Waals surface area contributed by atoms with Gasteiger partial charge in [-0.25, -0.2) is 4.98 Å². The van der Waals surface area contributed by atoms with Gasteiger partial charge in [-0.2, -0.15) is 13.2 Å². The third kappa shape index (κ3) is 6.46. The summed E-state index contributed by atoms with van der Waals surface area (Å²) in [5.41, 5.74) is 0.681. The van der Waals surface area contributed by atoms with Gasteiger partial charge in [0.05, 0.1) is 0 Å². The van der Waals surface area contributed by atoms with E-state index in [0.717, 1.165) is 13.1 Å². The molecule has 2 heterocycles. The quantitative estimate of drug-likeness (QED) is 0.804. The topological polar surface area (TPSA) is 28.2 Å². The first-order valence-electron chi connectivity index (χ1n) is 6.59. The van der Waals surface area contributed by atoms with Crippen LogP contribution in [0.2, 0.25) is 5.15 Å². The molecule has 128 valence electrons. The van der Waals surface area contributed by atoms with E-state index in [0.29, 0.717) is 23.8 Å². The zero-order valence-corrected chi connectivity index (χ0v) is 14.2. The molecule has 3 nitrogen and oxygen atoms in total. The van der Waals surface area contributed by atoms with Crippen molar-refractivity contribution in [2.45, 2.75) is 25.1 Å². The van der Waals surface area contributed by atoms with Crippen LogP contribution in [0.15, 0.2) is 18.3 Å². The molecule has 1 aromatic heterocycles. The van der Waals surface area contributed by atoms with Gasteiger partial charge in [0.1, 0.15) is 5.15 Å². The van der Waals surface area contributed by atoms with Gasteiger partial charge >= 0.3 is 6.18 Å². The molecule has 1 aromatic rings. The summed E-state index contributed by atoms with van der Waals surface area (Å²) < 4.78 is 37.6. The molecule has 0 radical (unpaired) electrons. The van der Waals surface area contributed by atoms with E-state index >= 15 is 0 Å². The third-order valence-corrected chi connectivity index (χ3v) is 3.76. The van der Waals surface area contributed by atoms with Crippen LogP contribution in [0.3, 0.4) is 0 Å². The van der Waals surface area contributed by atoms with Crippen molar-refractivity contribution in [3.05, 3.63) is 29.0 Å². The number of pyridine rings is 1. The van der Waals surface area contributed by atoms with Gasteiger partial charge in [0, 0.05) is 50.4 Å². The first kappa shape index (κ1) is 21.7. The lowest BCUT2D eigenvalue weighted by Gasteiger charge is -2.35. The fraction of sp³-hybridized carbons (Fsp3) is 0.615. The molecule has 1 atom stereocenters. The maximum absolute atomic E-state index is 12.5. The normalized spacial score (nSPS) is 17.3. The lowest BCUT2D eigenvalue weighted by atomic mass is 10.0. The molecule has 0 aromatic carbocycles.